The number of amides is 1. The Morgan fingerprint density at radius 1 is 1.32 bits per heavy atom. The molecular weight excluding hydrogens is 376 g/mol. The van der Waals surface area contributed by atoms with E-state index >= 15 is 0 Å². The number of aliphatic hydroxyl groups excluding tert-OH is 2. The lowest BCUT2D eigenvalue weighted by molar-refractivity contribution is -0.152. The highest BCUT2D eigenvalue weighted by Gasteiger charge is 2.45. The average Bonchev–Trinajstić information content (AvgIpc) is 3.23. The standard InChI is InChI=1S/C14H24N8O6/c15-6(2-1-3-19-14(17)18)13(26)27-4-7-8(23)9(24)12(28-7)22-5-20-11(21-22)10(16)25/h5-9,12,23-24H,1-4,15H2,(H2,16,25)(H4,17,18,19)/t6-,7+,8+,9+,12+/m0/s1. The van der Waals surface area contributed by atoms with E-state index in [1.807, 2.05) is 0 Å². The Kier molecular flexibility index (Phi) is 7.22. The van der Waals surface area contributed by atoms with Crippen LogP contribution in [0.5, 0.6) is 0 Å². The molecule has 0 saturated carbocycles. The summed E-state index contributed by atoms with van der Waals surface area (Å²) in [7, 11) is 0. The van der Waals surface area contributed by atoms with Crippen LogP contribution in [0, 0.1) is 0 Å². The molecule has 1 saturated heterocycles. The lowest BCUT2D eigenvalue weighted by Crippen LogP contribution is -2.38. The van der Waals surface area contributed by atoms with Crippen LogP contribution >= 0.6 is 0 Å². The van der Waals surface area contributed by atoms with Gasteiger partial charge in [-0.2, -0.15) is 0 Å². The SMILES string of the molecule is NC(=O)c1ncn([C@@H]2O[C@H](COC(=O)[C@@H](N)CCCN=C(N)N)[C@@H](O)[C@H]2O)n1. The Labute approximate surface area is 159 Å². The number of primary amides is 1. The summed E-state index contributed by atoms with van der Waals surface area (Å²) in [5.41, 5.74) is 21.2. The van der Waals surface area contributed by atoms with Gasteiger partial charge in [-0.3, -0.25) is 14.6 Å². The zero-order valence-electron chi connectivity index (χ0n) is 14.9. The monoisotopic (exact) mass is 400 g/mol. The molecule has 2 rings (SSSR count). The van der Waals surface area contributed by atoms with Gasteiger partial charge < -0.3 is 42.6 Å². The van der Waals surface area contributed by atoms with E-state index in [4.69, 9.17) is 32.4 Å². The fraction of sp³-hybridized carbons (Fsp3) is 0.643. The van der Waals surface area contributed by atoms with Crippen LogP contribution in [0.4, 0.5) is 0 Å². The van der Waals surface area contributed by atoms with Gasteiger partial charge in [0.1, 0.15) is 37.3 Å². The maximum Gasteiger partial charge on any atom is 0.323 e. The third-order valence-electron chi connectivity index (χ3n) is 3.99. The summed E-state index contributed by atoms with van der Waals surface area (Å²) in [6.07, 6.45) is -3.01. The largest absolute Gasteiger partial charge is 0.462 e. The van der Waals surface area contributed by atoms with Crippen LogP contribution in [0.15, 0.2) is 11.3 Å². The molecule has 1 aliphatic rings. The van der Waals surface area contributed by atoms with Crippen LogP contribution in [0.2, 0.25) is 0 Å². The van der Waals surface area contributed by atoms with Gasteiger partial charge in [-0.25, -0.2) is 9.67 Å². The second kappa shape index (κ2) is 9.41. The van der Waals surface area contributed by atoms with Crippen molar-refractivity contribution in [3.05, 3.63) is 12.2 Å². The molecule has 1 aromatic heterocycles. The Morgan fingerprint density at radius 3 is 2.64 bits per heavy atom. The van der Waals surface area contributed by atoms with Gasteiger partial charge in [0.05, 0.1) is 0 Å². The van der Waals surface area contributed by atoms with E-state index < -0.39 is 42.5 Å². The van der Waals surface area contributed by atoms with Crippen molar-refractivity contribution in [2.45, 2.75) is 43.4 Å². The van der Waals surface area contributed by atoms with Crippen molar-refractivity contribution in [1.29, 1.82) is 0 Å². The highest BCUT2D eigenvalue weighted by atomic mass is 16.6. The summed E-state index contributed by atoms with van der Waals surface area (Å²) in [4.78, 5) is 30.4. The van der Waals surface area contributed by atoms with Crippen LogP contribution in [0.3, 0.4) is 0 Å². The van der Waals surface area contributed by atoms with Crippen molar-refractivity contribution in [2.75, 3.05) is 13.2 Å². The van der Waals surface area contributed by atoms with Crippen LogP contribution < -0.4 is 22.9 Å². The van der Waals surface area contributed by atoms with E-state index in [1.165, 1.54) is 0 Å². The zero-order valence-corrected chi connectivity index (χ0v) is 14.9. The second-order valence-electron chi connectivity index (χ2n) is 6.14. The number of carbonyl (C=O) groups is 2. The molecule has 10 N–H and O–H groups in total. The minimum Gasteiger partial charge on any atom is -0.462 e. The first kappa shape index (κ1) is 21.5. The molecule has 14 nitrogen and oxygen atoms in total. The Morgan fingerprint density at radius 2 is 2.04 bits per heavy atom. The molecule has 0 unspecified atom stereocenters. The number of nitrogens with zero attached hydrogens (tertiary/aromatic N) is 4. The highest BCUT2D eigenvalue weighted by molar-refractivity contribution is 5.88. The Bertz CT molecular complexity index is 720. The number of esters is 1. The summed E-state index contributed by atoms with van der Waals surface area (Å²) in [5, 5.41) is 24.0. The topological polar surface area (TPSA) is 240 Å². The summed E-state index contributed by atoms with van der Waals surface area (Å²) in [5.74, 6) is -1.87. The summed E-state index contributed by atoms with van der Waals surface area (Å²) >= 11 is 0. The van der Waals surface area contributed by atoms with Gasteiger partial charge in [0.2, 0.25) is 5.82 Å². The molecule has 1 aliphatic heterocycles. The van der Waals surface area contributed by atoms with Crippen molar-refractivity contribution < 1.29 is 29.3 Å². The summed E-state index contributed by atoms with van der Waals surface area (Å²) in [6.45, 7) is -0.0145. The normalized spacial score (nSPS) is 25.2. The second-order valence-corrected chi connectivity index (χ2v) is 6.14. The van der Waals surface area contributed by atoms with Crippen molar-refractivity contribution in [2.24, 2.45) is 27.9 Å². The van der Waals surface area contributed by atoms with Crippen LogP contribution in [-0.4, -0.2) is 80.3 Å². The van der Waals surface area contributed by atoms with E-state index in [1.54, 1.807) is 0 Å². The summed E-state index contributed by atoms with van der Waals surface area (Å²) < 4.78 is 11.6. The van der Waals surface area contributed by atoms with Crippen molar-refractivity contribution in [3.8, 4) is 0 Å². The quantitative estimate of drug-likeness (QED) is 0.101. The molecule has 0 aliphatic carbocycles. The number of guanidine groups is 1. The predicted octanol–water partition coefficient (Wildman–Crippen LogP) is -4.08. The predicted molar refractivity (Wildman–Crippen MR) is 93.3 cm³/mol. The molecule has 14 heteroatoms. The van der Waals surface area contributed by atoms with Crippen LogP contribution in [0.25, 0.3) is 0 Å². The first-order valence-corrected chi connectivity index (χ1v) is 8.41. The molecule has 0 radical (unpaired) electrons. The van der Waals surface area contributed by atoms with Crippen LogP contribution in [-0.2, 0) is 14.3 Å². The molecule has 0 spiro atoms. The minimum atomic E-state index is -1.39. The molecule has 2 heterocycles. The highest BCUT2D eigenvalue weighted by Crippen LogP contribution is 2.29. The molecule has 0 aromatic carbocycles. The number of aliphatic hydroxyl groups is 2. The average molecular weight is 400 g/mol. The lowest BCUT2D eigenvalue weighted by Gasteiger charge is -2.16. The first-order chi connectivity index (χ1) is 13.2. The number of aliphatic imine (C=N–C) groups is 1. The van der Waals surface area contributed by atoms with Gasteiger partial charge in [-0.1, -0.05) is 0 Å². The molecular formula is C14H24N8O6. The van der Waals surface area contributed by atoms with E-state index in [9.17, 15) is 19.8 Å². The number of hydrogen-bond acceptors (Lipinski definition) is 10. The molecule has 1 amide bonds. The molecule has 1 fully saturated rings. The van der Waals surface area contributed by atoms with E-state index in [0.717, 1.165) is 11.0 Å². The molecule has 5 atom stereocenters. The summed E-state index contributed by atoms with van der Waals surface area (Å²) in [6, 6.07) is -0.901. The smallest absolute Gasteiger partial charge is 0.323 e. The van der Waals surface area contributed by atoms with Gasteiger partial charge in [-0.05, 0) is 12.8 Å². The molecule has 0 bridgehead atoms. The number of ether oxygens (including phenoxy) is 2. The van der Waals surface area contributed by atoms with Gasteiger partial charge in [0.15, 0.2) is 12.2 Å². The van der Waals surface area contributed by atoms with E-state index in [0.29, 0.717) is 19.4 Å². The van der Waals surface area contributed by atoms with Gasteiger partial charge in [-0.15, -0.1) is 5.10 Å². The van der Waals surface area contributed by atoms with Crippen LogP contribution in [0.1, 0.15) is 29.7 Å². The number of carbonyl (C=O) groups excluding carboxylic acids is 2. The minimum absolute atomic E-state index is 0.0491. The zero-order chi connectivity index (χ0) is 20.8. The maximum atomic E-state index is 11.9. The van der Waals surface area contributed by atoms with Gasteiger partial charge in [0, 0.05) is 6.54 Å². The lowest BCUT2D eigenvalue weighted by atomic mass is 10.1. The van der Waals surface area contributed by atoms with Gasteiger partial charge >= 0.3 is 5.97 Å². The Balaban J connectivity index is 1.84. The fourth-order valence-electron chi connectivity index (χ4n) is 2.50. The third-order valence-corrected chi connectivity index (χ3v) is 3.99. The van der Waals surface area contributed by atoms with Crippen molar-refractivity contribution in [3.63, 3.8) is 0 Å². The van der Waals surface area contributed by atoms with Crippen molar-refractivity contribution >= 4 is 17.8 Å². The maximum absolute atomic E-state index is 11.9. The molecule has 156 valence electrons. The number of aromatic nitrogens is 3. The van der Waals surface area contributed by atoms with E-state index in [-0.39, 0.29) is 18.4 Å². The number of rotatable bonds is 9. The number of hydrogen-bond donors (Lipinski definition) is 6. The van der Waals surface area contributed by atoms with E-state index in [2.05, 4.69) is 15.1 Å². The molecule has 1 aromatic rings. The van der Waals surface area contributed by atoms with Crippen molar-refractivity contribution in [1.82, 2.24) is 14.8 Å². The Hall–Kier alpha value is -2.81. The first-order valence-electron chi connectivity index (χ1n) is 8.41. The molecule has 28 heavy (non-hydrogen) atoms. The van der Waals surface area contributed by atoms with Gasteiger partial charge in [0.25, 0.3) is 5.91 Å². The third kappa shape index (κ3) is 5.35. The number of nitrogens with two attached hydrogens (primary N) is 4. The fourth-order valence-corrected chi connectivity index (χ4v) is 2.50.